The van der Waals surface area contributed by atoms with Crippen LogP contribution in [0.25, 0.3) is 0 Å². The molecule has 9 nitrogen and oxygen atoms in total. The van der Waals surface area contributed by atoms with Crippen LogP contribution >= 0.6 is 0 Å². The smallest absolute Gasteiger partial charge is 0.408 e. The van der Waals surface area contributed by atoms with E-state index in [1.807, 2.05) is 60.7 Å². The highest BCUT2D eigenvalue weighted by Crippen LogP contribution is 2.39. The lowest BCUT2D eigenvalue weighted by Crippen LogP contribution is -2.45. The zero-order valence-corrected chi connectivity index (χ0v) is 24.6. The van der Waals surface area contributed by atoms with Gasteiger partial charge in [0.2, 0.25) is 5.91 Å². The van der Waals surface area contributed by atoms with Crippen molar-refractivity contribution in [1.82, 2.24) is 10.2 Å². The standard InChI is InChI=1S/C33H37N3O6/c1-22(37)35-28(21-23-12-8-6-9-13-23)30(38)36(29(35)25-14-10-7-11-15-25)26-18-16-24(17-19-26)20-27(31(39)41-5)34-32(40)42-33(2,3)4/h6-19,27-29H,20-21H2,1-5H3,(H,34,40)/t27-,28?,29?/m0/s1. The Morgan fingerprint density at radius 1 is 0.881 bits per heavy atom. The first-order chi connectivity index (χ1) is 20.0. The molecule has 2 unspecified atom stereocenters. The molecule has 3 atom stereocenters. The minimum atomic E-state index is -0.968. The number of rotatable bonds is 8. The van der Waals surface area contributed by atoms with Crippen molar-refractivity contribution in [2.45, 2.75) is 64.4 Å². The van der Waals surface area contributed by atoms with E-state index in [0.717, 1.165) is 16.7 Å². The summed E-state index contributed by atoms with van der Waals surface area (Å²) in [6.07, 6.45) is -0.823. The summed E-state index contributed by atoms with van der Waals surface area (Å²) in [4.78, 5) is 55.2. The van der Waals surface area contributed by atoms with Gasteiger partial charge < -0.3 is 19.7 Å². The van der Waals surface area contributed by atoms with Crippen LogP contribution in [-0.4, -0.2) is 53.6 Å². The van der Waals surface area contributed by atoms with E-state index in [-0.39, 0.29) is 18.2 Å². The lowest BCUT2D eigenvalue weighted by atomic mass is 10.0. The molecule has 3 aromatic rings. The number of benzene rings is 3. The lowest BCUT2D eigenvalue weighted by Gasteiger charge is -2.31. The average molecular weight is 572 g/mol. The third-order valence-corrected chi connectivity index (χ3v) is 6.93. The Morgan fingerprint density at radius 2 is 1.48 bits per heavy atom. The fourth-order valence-electron chi connectivity index (χ4n) is 5.13. The maximum Gasteiger partial charge on any atom is 0.408 e. The fourth-order valence-corrected chi connectivity index (χ4v) is 5.13. The molecule has 0 radical (unpaired) electrons. The molecule has 1 aliphatic heterocycles. The van der Waals surface area contributed by atoms with Crippen molar-refractivity contribution in [3.63, 3.8) is 0 Å². The van der Waals surface area contributed by atoms with E-state index in [9.17, 15) is 19.2 Å². The number of hydrogen-bond donors (Lipinski definition) is 1. The molecule has 0 aromatic heterocycles. The molecule has 42 heavy (non-hydrogen) atoms. The first kappa shape index (κ1) is 30.3. The molecular weight excluding hydrogens is 534 g/mol. The van der Waals surface area contributed by atoms with Crippen molar-refractivity contribution in [3.8, 4) is 0 Å². The van der Waals surface area contributed by atoms with Crippen LogP contribution in [0.4, 0.5) is 10.5 Å². The molecule has 0 aliphatic carbocycles. The maximum absolute atomic E-state index is 14.0. The van der Waals surface area contributed by atoms with Gasteiger partial charge in [-0.05, 0) is 49.6 Å². The van der Waals surface area contributed by atoms with E-state index in [2.05, 4.69) is 5.32 Å². The number of nitrogens with one attached hydrogen (secondary N) is 1. The van der Waals surface area contributed by atoms with Crippen molar-refractivity contribution in [3.05, 3.63) is 102 Å². The molecule has 1 saturated heterocycles. The van der Waals surface area contributed by atoms with Gasteiger partial charge in [0.1, 0.15) is 23.9 Å². The molecular formula is C33H37N3O6. The molecule has 0 spiro atoms. The van der Waals surface area contributed by atoms with Crippen molar-refractivity contribution >= 4 is 29.6 Å². The molecule has 1 aliphatic rings. The number of esters is 1. The number of nitrogens with zero attached hydrogens (tertiary/aromatic N) is 2. The quantitative estimate of drug-likeness (QED) is 0.390. The number of anilines is 1. The number of hydrogen-bond acceptors (Lipinski definition) is 6. The van der Waals surface area contributed by atoms with Gasteiger partial charge in [0.15, 0.2) is 0 Å². The Balaban J connectivity index is 1.64. The van der Waals surface area contributed by atoms with Gasteiger partial charge in [-0.3, -0.25) is 14.5 Å². The molecule has 9 heteroatoms. The second-order valence-corrected chi connectivity index (χ2v) is 11.2. The van der Waals surface area contributed by atoms with Crippen LogP contribution in [0.15, 0.2) is 84.9 Å². The van der Waals surface area contributed by atoms with Crippen LogP contribution in [0, 0.1) is 0 Å². The summed E-state index contributed by atoms with van der Waals surface area (Å²) in [6.45, 7) is 6.69. The second-order valence-electron chi connectivity index (χ2n) is 11.2. The first-order valence-corrected chi connectivity index (χ1v) is 13.9. The highest BCUT2D eigenvalue weighted by Gasteiger charge is 2.48. The van der Waals surface area contributed by atoms with Crippen molar-refractivity contribution in [2.24, 2.45) is 0 Å². The van der Waals surface area contributed by atoms with Crippen LogP contribution in [0.3, 0.4) is 0 Å². The summed E-state index contributed by atoms with van der Waals surface area (Å²) >= 11 is 0. The van der Waals surface area contributed by atoms with Crippen LogP contribution in [-0.2, 0) is 36.7 Å². The van der Waals surface area contributed by atoms with Gasteiger partial charge in [-0.2, -0.15) is 0 Å². The third-order valence-electron chi connectivity index (χ3n) is 6.93. The number of ether oxygens (including phenoxy) is 2. The van der Waals surface area contributed by atoms with Crippen LogP contribution in [0.5, 0.6) is 0 Å². The summed E-state index contributed by atoms with van der Waals surface area (Å²) in [6, 6.07) is 24.6. The number of carbonyl (C=O) groups excluding carboxylic acids is 4. The number of methoxy groups -OCH3 is 1. The fraction of sp³-hybridized carbons (Fsp3) is 0.333. The number of carbonyl (C=O) groups is 4. The Labute approximate surface area is 246 Å². The monoisotopic (exact) mass is 571 g/mol. The normalized spacial score (nSPS) is 17.5. The molecule has 1 heterocycles. The molecule has 220 valence electrons. The summed E-state index contributed by atoms with van der Waals surface area (Å²) in [5, 5.41) is 2.58. The van der Waals surface area contributed by atoms with Crippen molar-refractivity contribution in [1.29, 1.82) is 0 Å². The van der Waals surface area contributed by atoms with E-state index in [1.54, 1.807) is 54.8 Å². The molecule has 0 saturated carbocycles. The lowest BCUT2D eigenvalue weighted by molar-refractivity contribution is -0.143. The zero-order valence-electron chi connectivity index (χ0n) is 24.6. The number of amides is 3. The van der Waals surface area contributed by atoms with Crippen molar-refractivity contribution < 1.29 is 28.7 Å². The van der Waals surface area contributed by atoms with Gasteiger partial charge in [-0.1, -0.05) is 72.8 Å². The Morgan fingerprint density at radius 3 is 2.02 bits per heavy atom. The first-order valence-electron chi connectivity index (χ1n) is 13.9. The predicted molar refractivity (Wildman–Crippen MR) is 158 cm³/mol. The molecule has 3 amide bonds. The van der Waals surface area contributed by atoms with Gasteiger partial charge in [0, 0.05) is 25.5 Å². The molecule has 4 rings (SSSR count). The maximum atomic E-state index is 14.0. The largest absolute Gasteiger partial charge is 0.467 e. The summed E-state index contributed by atoms with van der Waals surface area (Å²) in [5.41, 5.74) is 2.38. The molecule has 1 fully saturated rings. The average Bonchev–Trinajstić information content (AvgIpc) is 3.24. The molecule has 0 bridgehead atoms. The van der Waals surface area contributed by atoms with Gasteiger partial charge in [0.05, 0.1) is 7.11 Å². The van der Waals surface area contributed by atoms with E-state index in [1.165, 1.54) is 14.0 Å². The molecule has 1 N–H and O–H groups in total. The zero-order chi connectivity index (χ0) is 30.4. The van der Waals surface area contributed by atoms with Crippen LogP contribution in [0.2, 0.25) is 0 Å². The highest BCUT2D eigenvalue weighted by atomic mass is 16.6. The van der Waals surface area contributed by atoms with Crippen LogP contribution in [0.1, 0.15) is 50.6 Å². The Kier molecular flexibility index (Phi) is 9.30. The Bertz CT molecular complexity index is 1400. The summed E-state index contributed by atoms with van der Waals surface area (Å²) in [7, 11) is 1.25. The van der Waals surface area contributed by atoms with E-state index in [4.69, 9.17) is 9.47 Å². The van der Waals surface area contributed by atoms with Gasteiger partial charge >= 0.3 is 12.1 Å². The third kappa shape index (κ3) is 7.15. The summed E-state index contributed by atoms with van der Waals surface area (Å²) in [5.74, 6) is -0.995. The van der Waals surface area contributed by atoms with E-state index < -0.39 is 35.9 Å². The summed E-state index contributed by atoms with van der Waals surface area (Å²) < 4.78 is 10.2. The van der Waals surface area contributed by atoms with Gasteiger partial charge in [0.25, 0.3) is 5.91 Å². The Hall–Kier alpha value is -4.66. The number of alkyl carbamates (subject to hydrolysis) is 1. The predicted octanol–water partition coefficient (Wildman–Crippen LogP) is 4.80. The second kappa shape index (κ2) is 12.9. The van der Waals surface area contributed by atoms with E-state index in [0.29, 0.717) is 12.1 Å². The minimum absolute atomic E-state index is 0.151. The minimum Gasteiger partial charge on any atom is -0.467 e. The van der Waals surface area contributed by atoms with Crippen LogP contribution < -0.4 is 10.2 Å². The molecule has 3 aromatic carbocycles. The highest BCUT2D eigenvalue weighted by molar-refractivity contribution is 6.03. The van der Waals surface area contributed by atoms with Gasteiger partial charge in [-0.15, -0.1) is 0 Å². The van der Waals surface area contributed by atoms with E-state index >= 15 is 0 Å². The van der Waals surface area contributed by atoms with Crippen molar-refractivity contribution in [2.75, 3.05) is 12.0 Å². The SMILES string of the molecule is COC(=O)[C@H](Cc1ccc(N2C(=O)C(Cc3ccccc3)N(C(C)=O)C2c2ccccc2)cc1)NC(=O)OC(C)(C)C. The topological polar surface area (TPSA) is 105 Å². The van der Waals surface area contributed by atoms with Gasteiger partial charge in [-0.25, -0.2) is 9.59 Å².